The largest absolute Gasteiger partial charge is 1.00 e. The second-order valence-corrected chi connectivity index (χ2v) is 3.48. The molecule has 0 spiro atoms. The quantitative estimate of drug-likeness (QED) is 0.271. The van der Waals surface area contributed by atoms with E-state index in [2.05, 4.69) is 0 Å². The van der Waals surface area contributed by atoms with Crippen LogP contribution in [0, 0.1) is 10.1 Å². The Hall–Kier alpha value is -0.670. The minimum atomic E-state index is -4.64. The summed E-state index contributed by atoms with van der Waals surface area (Å²) >= 11 is 0. The molecule has 1 rings (SSSR count). The van der Waals surface area contributed by atoms with E-state index in [-0.39, 0.29) is 40.9 Å². The third kappa shape index (κ3) is 5.09. The van der Waals surface area contributed by atoms with Crippen molar-refractivity contribution in [3.63, 3.8) is 0 Å². The van der Waals surface area contributed by atoms with Crippen LogP contribution in [-0.4, -0.2) is 17.9 Å². The molecule has 0 aliphatic rings. The van der Waals surface area contributed by atoms with Crippen LogP contribution in [0.25, 0.3) is 0 Å². The Labute approximate surface area is 108 Å². The van der Waals surface area contributed by atoms with Crippen LogP contribution in [0.1, 0.15) is 0 Å². The van der Waals surface area contributed by atoms with Crippen LogP contribution >= 0.6 is 0 Å². The Bertz CT molecular complexity index is 460. The van der Waals surface area contributed by atoms with Crippen molar-refractivity contribution in [1.82, 2.24) is 0 Å². The summed E-state index contributed by atoms with van der Waals surface area (Å²) in [6.45, 7) is 0. The van der Waals surface area contributed by atoms with Gasteiger partial charge in [-0.25, -0.2) is 8.42 Å². The molecule has 0 aromatic heterocycles. The van der Waals surface area contributed by atoms with Crippen molar-refractivity contribution >= 4 is 21.7 Å². The van der Waals surface area contributed by atoms with E-state index >= 15 is 0 Å². The van der Waals surface area contributed by atoms with Gasteiger partial charge in [0, 0.05) is 12.1 Å². The predicted molar refractivity (Wildman–Crippen MR) is 46.4 cm³/mol. The molecule has 1 N–H and O–H groups in total. The van der Waals surface area contributed by atoms with Crippen molar-refractivity contribution in [3.05, 3.63) is 34.4 Å². The van der Waals surface area contributed by atoms with E-state index in [0.717, 1.165) is 6.07 Å². The maximum Gasteiger partial charge on any atom is 1.00 e. The molecule has 0 aliphatic carbocycles. The van der Waals surface area contributed by atoms with Gasteiger partial charge in [0.1, 0.15) is 0 Å². The third-order valence-corrected chi connectivity index (χ3v) is 1.79. The molecule has 1 aromatic rings. The average Bonchev–Trinajstić information content (AvgIpc) is 2.01. The first-order valence-electron chi connectivity index (χ1n) is 3.36. The smallest absolute Gasteiger partial charge is 0.731 e. The second kappa shape index (κ2) is 5.42. The van der Waals surface area contributed by atoms with E-state index in [9.17, 15) is 23.1 Å². The first-order chi connectivity index (χ1) is 6.38. The van der Waals surface area contributed by atoms with Gasteiger partial charge < -0.3 is 4.55 Å². The van der Waals surface area contributed by atoms with Gasteiger partial charge in [0.25, 0.3) is 5.69 Å². The predicted octanol–water partition coefficient (Wildman–Crippen LogP) is -2.53. The number of nitro benzene ring substituents is 1. The van der Waals surface area contributed by atoms with E-state index in [1.54, 1.807) is 4.72 Å². The maximum absolute atomic E-state index is 10.3. The SMILES string of the molecule is O=[N+]([O-])c1cccc(NS(=O)(=O)[O-])c1.[Na+]. The molecular weight excluding hydrogens is 235 g/mol. The number of benzene rings is 1. The molecule has 7 nitrogen and oxygen atoms in total. The maximum atomic E-state index is 10.3. The van der Waals surface area contributed by atoms with Crippen LogP contribution in [0.4, 0.5) is 11.4 Å². The van der Waals surface area contributed by atoms with Gasteiger partial charge >= 0.3 is 29.6 Å². The molecule has 0 unspecified atom stereocenters. The molecule has 0 saturated heterocycles. The van der Waals surface area contributed by atoms with E-state index in [4.69, 9.17) is 0 Å². The molecule has 76 valence electrons. The number of anilines is 1. The number of rotatable bonds is 3. The normalized spacial score (nSPS) is 10.2. The molecule has 0 saturated carbocycles. The van der Waals surface area contributed by atoms with Gasteiger partial charge in [-0.2, -0.15) is 0 Å². The van der Waals surface area contributed by atoms with E-state index in [1.807, 2.05) is 0 Å². The minimum Gasteiger partial charge on any atom is -0.731 e. The summed E-state index contributed by atoms with van der Waals surface area (Å²) in [5.74, 6) is 0. The van der Waals surface area contributed by atoms with Crippen molar-refractivity contribution in [3.8, 4) is 0 Å². The number of nitrogens with zero attached hydrogens (tertiary/aromatic N) is 1. The van der Waals surface area contributed by atoms with E-state index < -0.39 is 15.2 Å². The number of nitrogens with one attached hydrogen (secondary N) is 1. The van der Waals surface area contributed by atoms with Crippen molar-refractivity contribution in [2.24, 2.45) is 0 Å². The Morgan fingerprint density at radius 2 is 1.93 bits per heavy atom. The van der Waals surface area contributed by atoms with Gasteiger partial charge in [-0.3, -0.25) is 14.8 Å². The van der Waals surface area contributed by atoms with Gasteiger partial charge in [-0.05, 0) is 6.07 Å². The summed E-state index contributed by atoms with van der Waals surface area (Å²) in [7, 11) is -4.64. The molecular formula is C6H5N2NaO5S. The zero-order chi connectivity index (χ0) is 10.8. The van der Waals surface area contributed by atoms with Crippen molar-refractivity contribution in [1.29, 1.82) is 0 Å². The fourth-order valence-electron chi connectivity index (χ4n) is 0.827. The standard InChI is InChI=1S/C6H6N2O5S.Na/c9-8(10)6-3-1-2-5(4-6)7-14(11,12)13;/h1-4,7H,(H,11,12,13);/q;+1/p-1. The first-order valence-corrected chi connectivity index (χ1v) is 4.77. The zero-order valence-electron chi connectivity index (χ0n) is 7.71. The van der Waals surface area contributed by atoms with Gasteiger partial charge in [0.2, 0.25) is 0 Å². The van der Waals surface area contributed by atoms with Gasteiger partial charge in [-0.1, -0.05) is 6.07 Å². The number of non-ortho nitro benzene ring substituents is 1. The average molecular weight is 240 g/mol. The Balaban J connectivity index is 0.00000196. The summed E-state index contributed by atoms with van der Waals surface area (Å²) in [6.07, 6.45) is 0. The number of nitro groups is 1. The van der Waals surface area contributed by atoms with Crippen LogP contribution in [0.15, 0.2) is 24.3 Å². The van der Waals surface area contributed by atoms with Crippen LogP contribution < -0.4 is 34.3 Å². The molecule has 0 radical (unpaired) electrons. The van der Waals surface area contributed by atoms with Gasteiger partial charge in [0.05, 0.1) is 10.6 Å². The fraction of sp³-hybridized carbons (Fsp3) is 0. The molecule has 1 aromatic carbocycles. The minimum absolute atomic E-state index is 0. The van der Waals surface area contributed by atoms with E-state index in [1.165, 1.54) is 18.2 Å². The summed E-state index contributed by atoms with van der Waals surface area (Å²) < 4.78 is 32.3. The van der Waals surface area contributed by atoms with Crippen molar-refractivity contribution < 1.29 is 47.5 Å². The van der Waals surface area contributed by atoms with Crippen LogP contribution in [-0.2, 0) is 10.3 Å². The summed E-state index contributed by atoms with van der Waals surface area (Å²) in [5.41, 5.74) is -0.423. The van der Waals surface area contributed by atoms with Crippen LogP contribution in [0.3, 0.4) is 0 Å². The van der Waals surface area contributed by atoms with Crippen LogP contribution in [0.2, 0.25) is 0 Å². The van der Waals surface area contributed by atoms with Crippen molar-refractivity contribution in [2.45, 2.75) is 0 Å². The van der Waals surface area contributed by atoms with Gasteiger partial charge in [0.15, 0.2) is 10.3 Å². The Morgan fingerprint density at radius 1 is 1.33 bits per heavy atom. The topological polar surface area (TPSA) is 112 Å². The molecule has 15 heavy (non-hydrogen) atoms. The zero-order valence-corrected chi connectivity index (χ0v) is 10.5. The molecule has 0 heterocycles. The molecule has 0 atom stereocenters. The van der Waals surface area contributed by atoms with E-state index in [0.29, 0.717) is 0 Å². The second-order valence-electron chi connectivity index (χ2n) is 2.36. The summed E-state index contributed by atoms with van der Waals surface area (Å²) in [6, 6.07) is 4.64. The molecule has 0 bridgehead atoms. The third-order valence-electron chi connectivity index (χ3n) is 1.30. The molecule has 0 aliphatic heterocycles. The molecule has 0 fully saturated rings. The summed E-state index contributed by atoms with van der Waals surface area (Å²) in [5, 5.41) is 10.3. The van der Waals surface area contributed by atoms with Crippen LogP contribution in [0.5, 0.6) is 0 Å². The fourth-order valence-corrected chi connectivity index (χ4v) is 1.24. The molecule has 9 heteroatoms. The molecule has 0 amide bonds. The first kappa shape index (κ1) is 14.3. The number of hydrogen-bond donors (Lipinski definition) is 1. The van der Waals surface area contributed by atoms with Crippen molar-refractivity contribution in [2.75, 3.05) is 4.72 Å². The monoisotopic (exact) mass is 240 g/mol. The Kier molecular flexibility index (Phi) is 5.18. The van der Waals surface area contributed by atoms with Gasteiger partial charge in [-0.15, -0.1) is 0 Å². The summed E-state index contributed by atoms with van der Waals surface area (Å²) in [4.78, 5) is 9.58. The Morgan fingerprint density at radius 3 is 2.40 bits per heavy atom. The number of hydrogen-bond acceptors (Lipinski definition) is 5.